The van der Waals surface area contributed by atoms with Crippen molar-refractivity contribution < 1.29 is 0 Å². The lowest BCUT2D eigenvalue weighted by Crippen LogP contribution is -2.40. The summed E-state index contributed by atoms with van der Waals surface area (Å²) in [5.74, 6) is 0. The van der Waals surface area contributed by atoms with E-state index >= 15 is 0 Å². The lowest BCUT2D eigenvalue weighted by Gasteiger charge is -2.46. The van der Waals surface area contributed by atoms with E-state index in [1.807, 2.05) is 0 Å². The minimum absolute atomic E-state index is 0.133. The van der Waals surface area contributed by atoms with Gasteiger partial charge in [-0.25, -0.2) is 0 Å². The molecule has 10 rings (SSSR count). The van der Waals surface area contributed by atoms with Gasteiger partial charge in [-0.2, -0.15) is 0 Å². The van der Waals surface area contributed by atoms with Crippen LogP contribution >= 0.6 is 0 Å². The van der Waals surface area contributed by atoms with Gasteiger partial charge >= 0.3 is 0 Å². The second kappa shape index (κ2) is 10.3. The van der Waals surface area contributed by atoms with Crippen molar-refractivity contribution in [2.75, 3.05) is 4.90 Å². The van der Waals surface area contributed by atoms with Gasteiger partial charge in [0.05, 0.1) is 16.8 Å². The average Bonchev–Trinajstić information content (AvgIpc) is 3.45. The SMILES string of the molecule is CC1(C)c2ccccc2C2(c3ccccc3-c3ccc(N(c4cccc5ccccc45)c4cccc5ccccc45)cc32)c2ccccc21. The highest BCUT2D eigenvalue weighted by molar-refractivity contribution is 6.05. The Kier molecular flexibility index (Phi) is 5.91. The lowest BCUT2D eigenvalue weighted by molar-refractivity contribution is 0.563. The van der Waals surface area contributed by atoms with Crippen LogP contribution in [0.1, 0.15) is 47.2 Å². The number of fused-ring (bicyclic) bond motifs is 11. The van der Waals surface area contributed by atoms with Crippen molar-refractivity contribution in [2.24, 2.45) is 0 Å². The van der Waals surface area contributed by atoms with Crippen molar-refractivity contribution in [1.29, 1.82) is 0 Å². The predicted molar refractivity (Wildman–Crippen MR) is 206 cm³/mol. The summed E-state index contributed by atoms with van der Waals surface area (Å²) < 4.78 is 0. The van der Waals surface area contributed by atoms with Crippen LogP contribution in [0.15, 0.2) is 176 Å². The first-order valence-electron chi connectivity index (χ1n) is 17.3. The van der Waals surface area contributed by atoms with Crippen LogP contribution in [0.5, 0.6) is 0 Å². The van der Waals surface area contributed by atoms with Crippen molar-refractivity contribution in [1.82, 2.24) is 0 Å². The van der Waals surface area contributed by atoms with Gasteiger partial charge < -0.3 is 4.90 Å². The molecule has 2 aliphatic carbocycles. The topological polar surface area (TPSA) is 3.24 Å². The van der Waals surface area contributed by atoms with Crippen LogP contribution in [0.2, 0.25) is 0 Å². The second-order valence-corrected chi connectivity index (χ2v) is 14.1. The molecule has 0 unspecified atom stereocenters. The van der Waals surface area contributed by atoms with E-state index in [0.29, 0.717) is 0 Å². The molecule has 0 N–H and O–H groups in total. The van der Waals surface area contributed by atoms with E-state index in [-0.39, 0.29) is 5.41 Å². The van der Waals surface area contributed by atoms with E-state index in [0.717, 1.165) is 5.69 Å². The van der Waals surface area contributed by atoms with Crippen LogP contribution in [0.4, 0.5) is 17.1 Å². The summed E-state index contributed by atoms with van der Waals surface area (Å²) >= 11 is 0. The normalized spacial score (nSPS) is 14.7. The predicted octanol–water partition coefficient (Wildman–Crippen LogP) is 12.5. The van der Waals surface area contributed by atoms with Crippen molar-refractivity contribution in [3.63, 3.8) is 0 Å². The number of nitrogens with zero attached hydrogens (tertiary/aromatic N) is 1. The first-order valence-corrected chi connectivity index (χ1v) is 17.3. The third-order valence-electron chi connectivity index (χ3n) is 11.3. The van der Waals surface area contributed by atoms with E-state index < -0.39 is 5.41 Å². The van der Waals surface area contributed by atoms with E-state index in [1.165, 1.54) is 77.4 Å². The Balaban J connectivity index is 1.33. The van der Waals surface area contributed by atoms with Crippen molar-refractivity contribution in [3.05, 3.63) is 209 Å². The Morgan fingerprint density at radius 3 is 1.41 bits per heavy atom. The Hall–Kier alpha value is -5.92. The molecule has 1 spiro atoms. The molecule has 0 atom stereocenters. The summed E-state index contributed by atoms with van der Waals surface area (Å²) in [6, 6.07) is 65.5. The van der Waals surface area contributed by atoms with Crippen LogP contribution in [0.25, 0.3) is 32.7 Å². The largest absolute Gasteiger partial charge is 0.309 e. The summed E-state index contributed by atoms with van der Waals surface area (Å²) in [7, 11) is 0. The molecule has 1 nitrogen and oxygen atoms in total. The molecular weight excluding hydrogens is 591 g/mol. The van der Waals surface area contributed by atoms with Gasteiger partial charge in [0.1, 0.15) is 0 Å². The standard InChI is InChI=1S/C48H35N/c1-47(2)40-23-9-11-25-42(40)48(43-26-12-10-24-41(43)47)39-22-8-7-21-37(39)38-30-29-34(31-44(38)48)49(45-27-13-17-32-15-3-5-19-35(32)45)46-28-14-18-33-16-4-6-20-36(33)46/h3-31H,1-2H3. The summed E-state index contributed by atoms with van der Waals surface area (Å²) in [4.78, 5) is 2.49. The molecule has 0 aromatic heterocycles. The third kappa shape index (κ3) is 3.76. The summed E-state index contributed by atoms with van der Waals surface area (Å²) in [6.45, 7) is 4.77. The molecule has 0 radical (unpaired) electrons. The number of hydrogen-bond acceptors (Lipinski definition) is 1. The molecule has 0 fully saturated rings. The first-order chi connectivity index (χ1) is 24.1. The Morgan fingerprint density at radius 2 is 0.816 bits per heavy atom. The summed E-state index contributed by atoms with van der Waals surface area (Å²) in [5.41, 5.74) is 13.8. The molecule has 1 heteroatoms. The van der Waals surface area contributed by atoms with Gasteiger partial charge in [0.25, 0.3) is 0 Å². The number of anilines is 3. The zero-order valence-electron chi connectivity index (χ0n) is 27.7. The molecule has 0 aliphatic heterocycles. The fraction of sp³-hybridized carbons (Fsp3) is 0.0833. The lowest BCUT2D eigenvalue weighted by atomic mass is 9.55. The van der Waals surface area contributed by atoms with Gasteiger partial charge in [0, 0.05) is 21.9 Å². The van der Waals surface area contributed by atoms with Crippen molar-refractivity contribution in [3.8, 4) is 11.1 Å². The Bertz CT molecular complexity index is 2470. The van der Waals surface area contributed by atoms with E-state index in [9.17, 15) is 0 Å². The van der Waals surface area contributed by atoms with Crippen molar-refractivity contribution in [2.45, 2.75) is 24.7 Å². The van der Waals surface area contributed by atoms with Gasteiger partial charge in [-0.05, 0) is 79.5 Å². The van der Waals surface area contributed by atoms with E-state index in [2.05, 4.69) is 195 Å². The highest BCUT2D eigenvalue weighted by atomic mass is 15.1. The molecule has 0 heterocycles. The quantitative estimate of drug-likeness (QED) is 0.189. The van der Waals surface area contributed by atoms with Gasteiger partial charge in [0.2, 0.25) is 0 Å². The van der Waals surface area contributed by atoms with Crippen LogP contribution < -0.4 is 4.90 Å². The Morgan fingerprint density at radius 1 is 0.367 bits per heavy atom. The fourth-order valence-electron chi connectivity index (χ4n) is 9.20. The van der Waals surface area contributed by atoms with Crippen LogP contribution in [0.3, 0.4) is 0 Å². The number of rotatable bonds is 3. The first kappa shape index (κ1) is 28.1. The highest BCUT2D eigenvalue weighted by Crippen LogP contribution is 2.62. The van der Waals surface area contributed by atoms with Crippen LogP contribution in [-0.2, 0) is 10.8 Å². The van der Waals surface area contributed by atoms with Crippen LogP contribution in [-0.4, -0.2) is 0 Å². The molecule has 232 valence electrons. The molecule has 0 saturated carbocycles. The monoisotopic (exact) mass is 625 g/mol. The molecule has 2 aliphatic rings. The van der Waals surface area contributed by atoms with Gasteiger partial charge in [0.15, 0.2) is 0 Å². The summed E-state index contributed by atoms with van der Waals surface area (Å²) in [5, 5.41) is 4.92. The fourth-order valence-corrected chi connectivity index (χ4v) is 9.20. The maximum absolute atomic E-state index is 2.50. The molecule has 8 aromatic carbocycles. The molecule has 0 saturated heterocycles. The van der Waals surface area contributed by atoms with Crippen molar-refractivity contribution >= 4 is 38.6 Å². The van der Waals surface area contributed by atoms with Crippen LogP contribution in [0, 0.1) is 0 Å². The highest BCUT2D eigenvalue weighted by Gasteiger charge is 2.53. The van der Waals surface area contributed by atoms with Gasteiger partial charge in [-0.15, -0.1) is 0 Å². The molecule has 49 heavy (non-hydrogen) atoms. The van der Waals surface area contributed by atoms with Gasteiger partial charge in [-0.1, -0.05) is 166 Å². The smallest absolute Gasteiger partial charge is 0.0720 e. The van der Waals surface area contributed by atoms with Gasteiger partial charge in [-0.3, -0.25) is 0 Å². The number of benzene rings is 8. The minimum atomic E-state index is -0.451. The maximum atomic E-state index is 2.50. The number of hydrogen-bond donors (Lipinski definition) is 0. The van der Waals surface area contributed by atoms with E-state index in [1.54, 1.807) is 0 Å². The van der Waals surface area contributed by atoms with E-state index in [4.69, 9.17) is 0 Å². The third-order valence-corrected chi connectivity index (χ3v) is 11.3. The molecular formula is C48H35N. The zero-order chi connectivity index (χ0) is 32.7. The molecule has 8 aromatic rings. The Labute approximate surface area is 287 Å². The maximum Gasteiger partial charge on any atom is 0.0720 e. The second-order valence-electron chi connectivity index (χ2n) is 14.1. The molecule has 0 bridgehead atoms. The molecule has 0 amide bonds. The minimum Gasteiger partial charge on any atom is -0.309 e. The summed E-state index contributed by atoms with van der Waals surface area (Å²) in [6.07, 6.45) is 0. The average molecular weight is 626 g/mol. The zero-order valence-corrected chi connectivity index (χ0v) is 27.7.